The lowest BCUT2D eigenvalue weighted by Crippen LogP contribution is -2.32. The fourth-order valence-corrected chi connectivity index (χ4v) is 3.19. The molecular formula is C20H28N4O3. The molecular weight excluding hydrogens is 344 g/mol. The summed E-state index contributed by atoms with van der Waals surface area (Å²) >= 11 is 0. The summed E-state index contributed by atoms with van der Waals surface area (Å²) in [7, 11) is 0. The average Bonchev–Trinajstić information content (AvgIpc) is 3.16. The standard InChI is InChI=1S/C20H28N4O3/c1-14(2)27-17-7-3-5-15(11-17)19(25)13-22-20(26)18-8-10-24(23-18)16-6-4-9-21-12-16/h3,5,7-8,10-11,14,16,19,21,25H,4,6,9,12-13H2,1-2H3,(H,22,26). The Morgan fingerprint density at radius 2 is 2.30 bits per heavy atom. The van der Waals surface area contributed by atoms with Gasteiger partial charge in [-0.2, -0.15) is 5.10 Å². The van der Waals surface area contributed by atoms with Crippen LogP contribution < -0.4 is 15.4 Å². The summed E-state index contributed by atoms with van der Waals surface area (Å²) in [6, 6.07) is 9.29. The number of amides is 1. The first-order valence-electron chi connectivity index (χ1n) is 9.51. The molecule has 2 atom stereocenters. The van der Waals surface area contributed by atoms with Crippen LogP contribution in [0.25, 0.3) is 0 Å². The van der Waals surface area contributed by atoms with Gasteiger partial charge in [0, 0.05) is 19.3 Å². The molecule has 2 aromatic rings. The molecule has 7 heteroatoms. The van der Waals surface area contributed by atoms with Crippen LogP contribution in [0, 0.1) is 0 Å². The highest BCUT2D eigenvalue weighted by molar-refractivity contribution is 5.92. The van der Waals surface area contributed by atoms with Crippen LogP contribution in [0.1, 0.15) is 54.9 Å². The predicted molar refractivity (Wildman–Crippen MR) is 103 cm³/mol. The molecule has 1 aliphatic heterocycles. The lowest BCUT2D eigenvalue weighted by Gasteiger charge is -2.22. The highest BCUT2D eigenvalue weighted by Crippen LogP contribution is 2.20. The van der Waals surface area contributed by atoms with Crippen molar-refractivity contribution in [2.24, 2.45) is 0 Å². The van der Waals surface area contributed by atoms with Crippen LogP contribution in [0.5, 0.6) is 5.75 Å². The molecule has 0 saturated carbocycles. The van der Waals surface area contributed by atoms with Crippen LogP contribution >= 0.6 is 0 Å². The minimum atomic E-state index is -0.811. The predicted octanol–water partition coefficient (Wildman–Crippen LogP) is 2.06. The lowest BCUT2D eigenvalue weighted by molar-refractivity contribution is 0.0910. The summed E-state index contributed by atoms with van der Waals surface area (Å²) in [6.07, 6.45) is 3.26. The molecule has 3 N–H and O–H groups in total. The number of carbonyl (C=O) groups excluding carboxylic acids is 1. The minimum absolute atomic E-state index is 0.0616. The zero-order valence-electron chi connectivity index (χ0n) is 15.9. The van der Waals surface area contributed by atoms with Crippen molar-refractivity contribution in [3.63, 3.8) is 0 Å². The second-order valence-electron chi connectivity index (χ2n) is 7.15. The number of aliphatic hydroxyl groups excluding tert-OH is 1. The highest BCUT2D eigenvalue weighted by Gasteiger charge is 2.18. The Morgan fingerprint density at radius 3 is 3.04 bits per heavy atom. The summed E-state index contributed by atoms with van der Waals surface area (Å²) in [6.45, 7) is 5.92. The molecule has 2 heterocycles. The van der Waals surface area contributed by atoms with Crippen molar-refractivity contribution in [1.82, 2.24) is 20.4 Å². The van der Waals surface area contributed by atoms with Crippen molar-refractivity contribution in [2.45, 2.75) is 44.9 Å². The van der Waals surface area contributed by atoms with E-state index in [4.69, 9.17) is 4.74 Å². The molecule has 2 unspecified atom stereocenters. The van der Waals surface area contributed by atoms with Gasteiger partial charge < -0.3 is 20.5 Å². The summed E-state index contributed by atoms with van der Waals surface area (Å²) < 4.78 is 7.50. The zero-order chi connectivity index (χ0) is 19.2. The summed E-state index contributed by atoms with van der Waals surface area (Å²) in [5.41, 5.74) is 1.07. The van der Waals surface area contributed by atoms with E-state index in [0.717, 1.165) is 25.9 Å². The van der Waals surface area contributed by atoms with E-state index in [2.05, 4.69) is 15.7 Å². The van der Waals surface area contributed by atoms with Crippen molar-refractivity contribution in [1.29, 1.82) is 0 Å². The van der Waals surface area contributed by atoms with E-state index in [1.54, 1.807) is 12.1 Å². The number of nitrogens with zero attached hydrogens (tertiary/aromatic N) is 2. The second kappa shape index (κ2) is 9.01. The molecule has 1 saturated heterocycles. The number of hydrogen-bond donors (Lipinski definition) is 3. The Labute approximate surface area is 159 Å². The van der Waals surface area contributed by atoms with E-state index >= 15 is 0 Å². The van der Waals surface area contributed by atoms with Crippen molar-refractivity contribution < 1.29 is 14.6 Å². The van der Waals surface area contributed by atoms with Crippen molar-refractivity contribution in [2.75, 3.05) is 19.6 Å². The smallest absolute Gasteiger partial charge is 0.271 e. The largest absolute Gasteiger partial charge is 0.491 e. The highest BCUT2D eigenvalue weighted by atomic mass is 16.5. The third-order valence-electron chi connectivity index (χ3n) is 4.56. The van der Waals surface area contributed by atoms with Crippen LogP contribution in [0.4, 0.5) is 0 Å². The Hall–Kier alpha value is -2.38. The molecule has 0 bridgehead atoms. The molecule has 27 heavy (non-hydrogen) atoms. The topological polar surface area (TPSA) is 88.4 Å². The fraction of sp³-hybridized carbons (Fsp3) is 0.500. The maximum Gasteiger partial charge on any atom is 0.271 e. The number of benzene rings is 1. The Kier molecular flexibility index (Phi) is 6.47. The molecule has 0 spiro atoms. The van der Waals surface area contributed by atoms with Gasteiger partial charge in [-0.25, -0.2) is 0 Å². The van der Waals surface area contributed by atoms with E-state index in [1.165, 1.54) is 0 Å². The molecule has 1 aromatic carbocycles. The third kappa shape index (κ3) is 5.30. The van der Waals surface area contributed by atoms with Gasteiger partial charge in [0.1, 0.15) is 11.4 Å². The quantitative estimate of drug-likeness (QED) is 0.692. The van der Waals surface area contributed by atoms with Crippen LogP contribution in [-0.2, 0) is 0 Å². The van der Waals surface area contributed by atoms with Crippen LogP contribution in [0.15, 0.2) is 36.5 Å². The normalized spacial score (nSPS) is 18.3. The van der Waals surface area contributed by atoms with E-state index in [0.29, 0.717) is 17.0 Å². The number of ether oxygens (including phenoxy) is 1. The van der Waals surface area contributed by atoms with Crippen LogP contribution in [-0.4, -0.2) is 46.5 Å². The number of aromatic nitrogens is 2. The Balaban J connectivity index is 1.55. The van der Waals surface area contributed by atoms with Gasteiger partial charge in [0.15, 0.2) is 0 Å². The molecule has 7 nitrogen and oxygen atoms in total. The van der Waals surface area contributed by atoms with Gasteiger partial charge in [-0.1, -0.05) is 12.1 Å². The SMILES string of the molecule is CC(C)Oc1cccc(C(O)CNC(=O)c2ccn(C3CCCNC3)n2)c1. The average molecular weight is 372 g/mol. The van der Waals surface area contributed by atoms with E-state index in [1.807, 2.05) is 42.9 Å². The van der Waals surface area contributed by atoms with E-state index in [9.17, 15) is 9.90 Å². The molecule has 0 radical (unpaired) electrons. The number of piperidine rings is 1. The maximum atomic E-state index is 12.4. The van der Waals surface area contributed by atoms with Gasteiger partial charge in [-0.05, 0) is 57.0 Å². The Morgan fingerprint density at radius 1 is 1.44 bits per heavy atom. The maximum absolute atomic E-state index is 12.4. The monoisotopic (exact) mass is 372 g/mol. The number of carbonyl (C=O) groups is 1. The van der Waals surface area contributed by atoms with Gasteiger partial charge >= 0.3 is 0 Å². The summed E-state index contributed by atoms with van der Waals surface area (Å²) in [5, 5.41) is 20.9. The summed E-state index contributed by atoms with van der Waals surface area (Å²) in [4.78, 5) is 12.4. The van der Waals surface area contributed by atoms with Crippen LogP contribution in [0.2, 0.25) is 0 Å². The Bertz CT molecular complexity index is 753. The minimum Gasteiger partial charge on any atom is -0.491 e. The molecule has 1 fully saturated rings. The molecule has 1 aliphatic rings. The molecule has 1 aromatic heterocycles. The van der Waals surface area contributed by atoms with Gasteiger partial charge in [-0.3, -0.25) is 9.48 Å². The van der Waals surface area contributed by atoms with Crippen molar-refractivity contribution in [3.05, 3.63) is 47.8 Å². The fourth-order valence-electron chi connectivity index (χ4n) is 3.19. The number of aliphatic hydroxyl groups is 1. The van der Waals surface area contributed by atoms with Gasteiger partial charge in [0.05, 0.1) is 18.2 Å². The number of nitrogens with one attached hydrogen (secondary N) is 2. The molecule has 1 amide bonds. The number of rotatable bonds is 7. The zero-order valence-corrected chi connectivity index (χ0v) is 15.9. The van der Waals surface area contributed by atoms with E-state index < -0.39 is 6.10 Å². The second-order valence-corrected chi connectivity index (χ2v) is 7.15. The first kappa shape index (κ1) is 19.4. The van der Waals surface area contributed by atoms with Gasteiger partial charge in [-0.15, -0.1) is 0 Å². The number of hydrogen-bond acceptors (Lipinski definition) is 5. The summed E-state index contributed by atoms with van der Waals surface area (Å²) in [5.74, 6) is 0.416. The first-order valence-corrected chi connectivity index (χ1v) is 9.51. The lowest BCUT2D eigenvalue weighted by atomic mass is 10.1. The molecule has 0 aliphatic carbocycles. The third-order valence-corrected chi connectivity index (χ3v) is 4.56. The molecule has 146 valence electrons. The molecule has 3 rings (SSSR count). The van der Waals surface area contributed by atoms with Gasteiger partial charge in [0.2, 0.25) is 0 Å². The van der Waals surface area contributed by atoms with Crippen LogP contribution in [0.3, 0.4) is 0 Å². The first-order chi connectivity index (χ1) is 13.0. The van der Waals surface area contributed by atoms with Crippen molar-refractivity contribution in [3.8, 4) is 5.75 Å². The van der Waals surface area contributed by atoms with E-state index in [-0.39, 0.29) is 24.6 Å². The van der Waals surface area contributed by atoms with Gasteiger partial charge in [0.25, 0.3) is 5.91 Å². The van der Waals surface area contributed by atoms with Crippen molar-refractivity contribution >= 4 is 5.91 Å².